The molecule has 2 rings (SSSR count). The number of rotatable bonds is 3. The van der Waals surface area contributed by atoms with Gasteiger partial charge in [0.15, 0.2) is 0 Å². The van der Waals surface area contributed by atoms with Crippen LogP contribution in [-0.4, -0.2) is 12.1 Å². The van der Waals surface area contributed by atoms with Crippen LogP contribution in [0.4, 0.5) is 0 Å². The van der Waals surface area contributed by atoms with Crippen LogP contribution in [0.1, 0.15) is 12.7 Å². The SMILES string of the molecule is COc1ccnc(Cc2ccc[cH-]2)c1.[C-]#[O+].[C-]#[O+].[C-]#[O+].[H-].[W+2]. The van der Waals surface area contributed by atoms with E-state index in [4.69, 9.17) is 18.7 Å². The number of ether oxygens (including phenoxy) is 1. The van der Waals surface area contributed by atoms with Crippen LogP contribution < -0.4 is 4.74 Å². The predicted molar refractivity (Wildman–Crippen MR) is 68.5 cm³/mol. The molecule has 0 bridgehead atoms. The summed E-state index contributed by atoms with van der Waals surface area (Å²) in [6, 6.07) is 12.1. The quantitative estimate of drug-likeness (QED) is 0.527. The molecule has 0 aliphatic heterocycles. The van der Waals surface area contributed by atoms with Crippen molar-refractivity contribution < 1.29 is 41.2 Å². The minimum Gasteiger partial charge on any atom is -1.00 e. The Balaban J connectivity index is -0.000000182. The summed E-state index contributed by atoms with van der Waals surface area (Å²) < 4.78 is 27.6. The maximum Gasteiger partial charge on any atom is 2.00 e. The number of hydrogen-bond donors (Lipinski definition) is 0. The molecule has 21 heavy (non-hydrogen) atoms. The largest absolute Gasteiger partial charge is 2.00 e. The normalized spacial score (nSPS) is 7.00. The third kappa shape index (κ3) is 10.6. The molecule has 0 aliphatic rings. The van der Waals surface area contributed by atoms with Gasteiger partial charge in [-0.2, -0.15) is 17.7 Å². The van der Waals surface area contributed by atoms with Crippen molar-refractivity contribution in [1.82, 2.24) is 4.98 Å². The Morgan fingerprint density at radius 2 is 1.81 bits per heavy atom. The number of methoxy groups -OCH3 is 1. The fraction of sp³-hybridized carbons (Fsp3) is 0.133. The van der Waals surface area contributed by atoms with E-state index in [1.54, 1.807) is 13.3 Å². The van der Waals surface area contributed by atoms with Gasteiger partial charge in [0.1, 0.15) is 5.75 Å². The van der Waals surface area contributed by atoms with E-state index in [2.05, 4.69) is 37.1 Å². The molecule has 6 heteroatoms. The average molecular weight is 455 g/mol. The number of pyridine rings is 1. The van der Waals surface area contributed by atoms with Crippen LogP contribution in [0.5, 0.6) is 5.75 Å². The molecule has 0 fully saturated rings. The maximum absolute atomic E-state index is 7.50. The van der Waals surface area contributed by atoms with Crippen LogP contribution in [0.2, 0.25) is 0 Å². The smallest absolute Gasteiger partial charge is 1.00 e. The van der Waals surface area contributed by atoms with Crippen LogP contribution >= 0.6 is 0 Å². The first-order chi connectivity index (χ1) is 9.88. The van der Waals surface area contributed by atoms with Crippen molar-refractivity contribution in [3.8, 4) is 5.75 Å². The summed E-state index contributed by atoms with van der Waals surface area (Å²) in [6.07, 6.45) is 2.64. The first-order valence-corrected chi connectivity index (χ1v) is 5.19. The monoisotopic (exact) mass is 455 g/mol. The fourth-order valence-corrected chi connectivity index (χ4v) is 1.42. The molecule has 0 saturated carbocycles. The van der Waals surface area contributed by atoms with E-state index >= 15 is 0 Å². The molecule has 108 valence electrons. The van der Waals surface area contributed by atoms with E-state index in [9.17, 15) is 0 Å². The summed E-state index contributed by atoms with van der Waals surface area (Å²) in [4.78, 5) is 4.28. The molecule has 2 aromatic rings. The van der Waals surface area contributed by atoms with Gasteiger partial charge in [0.25, 0.3) is 0 Å². The van der Waals surface area contributed by atoms with Gasteiger partial charge < -0.3 is 6.16 Å². The molecule has 0 radical (unpaired) electrons. The maximum atomic E-state index is 7.50. The number of aromatic nitrogens is 1. The van der Waals surface area contributed by atoms with E-state index in [-0.39, 0.29) is 22.5 Å². The molecule has 5 nitrogen and oxygen atoms in total. The van der Waals surface area contributed by atoms with Crippen LogP contribution in [-0.2, 0) is 41.4 Å². The Bertz CT molecular complexity index is 510. The molecule has 0 unspecified atom stereocenters. The third-order valence-corrected chi connectivity index (χ3v) is 2.14. The minimum atomic E-state index is 0. The van der Waals surface area contributed by atoms with Crippen molar-refractivity contribution in [1.29, 1.82) is 0 Å². The van der Waals surface area contributed by atoms with Crippen molar-refractivity contribution in [2.75, 3.05) is 7.11 Å². The zero-order valence-corrected chi connectivity index (χ0v) is 14.2. The summed E-state index contributed by atoms with van der Waals surface area (Å²) in [5.74, 6) is 0.863. The van der Waals surface area contributed by atoms with Crippen molar-refractivity contribution in [3.63, 3.8) is 0 Å². The molecule has 1 heterocycles. The van der Waals surface area contributed by atoms with Crippen molar-refractivity contribution >= 4 is 0 Å². The zero-order chi connectivity index (χ0) is 15.8. The Hall–Kier alpha value is -1.79. The molecule has 0 atom stereocenters. The minimum absolute atomic E-state index is 0. The number of nitrogens with zero attached hydrogens (tertiary/aromatic N) is 1. The number of hydrogen-bond acceptors (Lipinski definition) is 2. The van der Waals surface area contributed by atoms with Crippen LogP contribution in [0, 0.1) is 20.0 Å². The molecule has 1 aromatic carbocycles. The second kappa shape index (κ2) is 18.2. The van der Waals surface area contributed by atoms with Gasteiger partial charge in [-0.15, -0.1) is 0 Å². The van der Waals surface area contributed by atoms with Crippen LogP contribution in [0.15, 0.2) is 42.6 Å². The summed E-state index contributed by atoms with van der Waals surface area (Å²) in [7, 11) is 1.67. The second-order valence-electron chi connectivity index (χ2n) is 3.16. The van der Waals surface area contributed by atoms with Gasteiger partial charge >= 0.3 is 55.0 Å². The molecule has 0 amide bonds. The molecule has 0 aliphatic carbocycles. The van der Waals surface area contributed by atoms with Gasteiger partial charge in [0.05, 0.1) is 7.11 Å². The average Bonchev–Trinajstić information content (AvgIpc) is 3.06. The molecule has 1 aromatic heterocycles. The zero-order valence-electron chi connectivity index (χ0n) is 12.2. The van der Waals surface area contributed by atoms with E-state index in [0.717, 1.165) is 17.9 Å². The van der Waals surface area contributed by atoms with Crippen LogP contribution in [0.25, 0.3) is 0 Å². The van der Waals surface area contributed by atoms with E-state index in [1.165, 1.54) is 5.56 Å². The summed E-state index contributed by atoms with van der Waals surface area (Å²) in [6.45, 7) is 13.5. The predicted octanol–water partition coefficient (Wildman–Crippen LogP) is 2.40. The van der Waals surface area contributed by atoms with Crippen LogP contribution in [0.3, 0.4) is 0 Å². The third-order valence-electron chi connectivity index (χ3n) is 2.14. The Morgan fingerprint density at radius 3 is 2.29 bits per heavy atom. The van der Waals surface area contributed by atoms with E-state index < -0.39 is 0 Å². The van der Waals surface area contributed by atoms with Crippen molar-refractivity contribution in [2.24, 2.45) is 0 Å². The summed E-state index contributed by atoms with van der Waals surface area (Å²) in [5, 5.41) is 0. The first kappa shape index (κ1) is 24.2. The fourth-order valence-electron chi connectivity index (χ4n) is 1.42. The van der Waals surface area contributed by atoms with Crippen molar-refractivity contribution in [2.45, 2.75) is 6.42 Å². The molecule has 0 spiro atoms. The van der Waals surface area contributed by atoms with Gasteiger partial charge in [0, 0.05) is 18.0 Å². The standard InChI is InChI=1S/C12H12NO.3CO.W.H/c1-14-12-6-7-13-11(9-12)8-10-4-2-3-5-10;3*1-2;;/h2-7,9H,8H2,1H3;;;;;/q-1;;;;+2;-1. The van der Waals surface area contributed by atoms with Gasteiger partial charge in [-0.3, -0.25) is 4.98 Å². The van der Waals surface area contributed by atoms with E-state index in [1.807, 2.05) is 24.3 Å². The van der Waals surface area contributed by atoms with E-state index in [0.29, 0.717) is 0 Å². The van der Waals surface area contributed by atoms with Gasteiger partial charge in [-0.1, -0.05) is 0 Å². The first-order valence-electron chi connectivity index (χ1n) is 5.19. The molecular weight excluding hydrogens is 442 g/mol. The topological polar surface area (TPSA) is 81.8 Å². The molecular formula is C15H13NO4W. The Kier molecular flexibility index (Phi) is 21.0. The van der Waals surface area contributed by atoms with Crippen molar-refractivity contribution in [3.05, 3.63) is 73.8 Å². The Labute approximate surface area is 139 Å². The van der Waals surface area contributed by atoms with Gasteiger partial charge in [-0.05, 0) is 12.5 Å². The molecule has 0 saturated heterocycles. The Morgan fingerprint density at radius 1 is 1.19 bits per heavy atom. The second-order valence-corrected chi connectivity index (χ2v) is 3.16. The van der Waals surface area contributed by atoms with Gasteiger partial charge in [-0.25, -0.2) is 12.1 Å². The summed E-state index contributed by atoms with van der Waals surface area (Å²) >= 11 is 0. The van der Waals surface area contributed by atoms with Gasteiger partial charge in [0.2, 0.25) is 0 Å². The molecule has 0 N–H and O–H groups in total. The summed E-state index contributed by atoms with van der Waals surface area (Å²) in [5.41, 5.74) is 2.32.